The lowest BCUT2D eigenvalue weighted by Gasteiger charge is -2.30. The largest absolute Gasteiger partial charge is 0.467 e. The number of amides is 4. The van der Waals surface area contributed by atoms with Crippen LogP contribution in [0.4, 0.5) is 0 Å². The molecule has 0 spiro atoms. The number of benzene rings is 2. The van der Waals surface area contributed by atoms with Gasteiger partial charge in [0.2, 0.25) is 23.6 Å². The Bertz CT molecular complexity index is 1340. The van der Waals surface area contributed by atoms with Crippen molar-refractivity contribution in [2.75, 3.05) is 7.11 Å². The van der Waals surface area contributed by atoms with E-state index in [-0.39, 0.29) is 31.1 Å². The van der Waals surface area contributed by atoms with E-state index in [0.29, 0.717) is 0 Å². The van der Waals surface area contributed by atoms with Crippen molar-refractivity contribution in [1.82, 2.24) is 21.3 Å². The highest BCUT2D eigenvalue weighted by Gasteiger charge is 2.34. The number of nitrogens with one attached hydrogen (secondary N) is 4. The molecule has 0 fully saturated rings. The molecule has 48 heavy (non-hydrogen) atoms. The molecule has 7 N–H and O–H groups in total. The monoisotopic (exact) mass is 667 g/mol. The van der Waals surface area contributed by atoms with E-state index in [1.807, 2.05) is 60.7 Å². The van der Waals surface area contributed by atoms with E-state index < -0.39 is 71.8 Å². The molecule has 0 aliphatic rings. The lowest BCUT2D eigenvalue weighted by atomic mass is 9.88. The van der Waals surface area contributed by atoms with Crippen LogP contribution in [0.2, 0.25) is 0 Å². The molecule has 12 nitrogen and oxygen atoms in total. The molecule has 0 aliphatic heterocycles. The molecule has 0 aromatic heterocycles. The maximum absolute atomic E-state index is 14.0. The topological polar surface area (TPSA) is 189 Å². The second kappa shape index (κ2) is 19.5. The molecule has 0 unspecified atom stereocenters. The van der Waals surface area contributed by atoms with Crippen molar-refractivity contribution in [3.8, 4) is 0 Å². The van der Waals surface area contributed by atoms with E-state index in [9.17, 15) is 29.1 Å². The lowest BCUT2D eigenvalue weighted by Crippen LogP contribution is -2.56. The van der Waals surface area contributed by atoms with Crippen molar-refractivity contribution in [2.45, 2.75) is 97.1 Å². The van der Waals surface area contributed by atoms with Gasteiger partial charge in [-0.3, -0.25) is 19.2 Å². The van der Waals surface area contributed by atoms with Gasteiger partial charge in [0.1, 0.15) is 18.1 Å². The van der Waals surface area contributed by atoms with Crippen LogP contribution in [0, 0.1) is 17.8 Å². The predicted molar refractivity (Wildman–Crippen MR) is 183 cm³/mol. The van der Waals surface area contributed by atoms with Gasteiger partial charge in [-0.15, -0.1) is 0 Å². The second-order valence-electron chi connectivity index (χ2n) is 13.0. The van der Waals surface area contributed by atoms with E-state index in [4.69, 9.17) is 10.5 Å². The third-order valence-electron chi connectivity index (χ3n) is 8.14. The van der Waals surface area contributed by atoms with Crippen molar-refractivity contribution in [2.24, 2.45) is 23.5 Å². The summed E-state index contributed by atoms with van der Waals surface area (Å²) >= 11 is 0. The molecule has 0 heterocycles. The minimum absolute atomic E-state index is 0.0533. The number of aliphatic hydroxyl groups excluding tert-OH is 1. The molecular weight excluding hydrogens is 614 g/mol. The molecule has 12 heteroatoms. The van der Waals surface area contributed by atoms with Gasteiger partial charge in [0.25, 0.3) is 0 Å². The number of rotatable bonds is 18. The predicted octanol–water partition coefficient (Wildman–Crippen LogP) is 1.63. The second-order valence-corrected chi connectivity index (χ2v) is 13.0. The van der Waals surface area contributed by atoms with Gasteiger partial charge in [-0.2, -0.15) is 0 Å². The van der Waals surface area contributed by atoms with Gasteiger partial charge in [0.15, 0.2) is 0 Å². The molecule has 7 atom stereocenters. The summed E-state index contributed by atoms with van der Waals surface area (Å²) in [5.74, 6) is -3.98. The van der Waals surface area contributed by atoms with Crippen LogP contribution < -0.4 is 27.0 Å². The van der Waals surface area contributed by atoms with Crippen LogP contribution >= 0.6 is 0 Å². The standard InChI is InChI=1S/C36H53N5O7/c1-21(2)30(35(46)41-31(22(3)4)36(47)48-7)40-34(45)27(18-25-14-10-8-11-15-25)20-29(42)28(19-26-16-12-9-13-17-26)39-33(44)24(6)38-32(43)23(5)37/h8-17,21-24,27-31,42H,18-20,37H2,1-7H3,(H,38,43)(H,39,44)(H,40,45)(H,41,46)/t23-,24-,27+,28-,29-,30-,31-/m0/s1. The van der Waals surface area contributed by atoms with Crippen LogP contribution in [-0.2, 0) is 41.6 Å². The Hall–Kier alpha value is -4.29. The number of nitrogens with two attached hydrogens (primary N) is 1. The van der Waals surface area contributed by atoms with Crippen molar-refractivity contribution < 1.29 is 33.8 Å². The molecule has 0 bridgehead atoms. The molecule has 0 aliphatic carbocycles. The Labute approximate surface area is 284 Å². The molecular formula is C36H53N5O7. The van der Waals surface area contributed by atoms with Crippen molar-refractivity contribution in [3.63, 3.8) is 0 Å². The fraction of sp³-hybridized carbons (Fsp3) is 0.528. The highest BCUT2D eigenvalue weighted by molar-refractivity contribution is 5.92. The molecule has 2 rings (SSSR count). The summed E-state index contributed by atoms with van der Waals surface area (Å²) in [4.78, 5) is 65.0. The van der Waals surface area contributed by atoms with E-state index in [2.05, 4.69) is 21.3 Å². The summed E-state index contributed by atoms with van der Waals surface area (Å²) in [6.07, 6.45) is -0.745. The zero-order valence-electron chi connectivity index (χ0n) is 29.1. The summed E-state index contributed by atoms with van der Waals surface area (Å²) in [7, 11) is 1.25. The number of esters is 1. The number of carbonyl (C=O) groups is 5. The summed E-state index contributed by atoms with van der Waals surface area (Å²) in [5.41, 5.74) is 7.33. The Balaban J connectivity index is 2.36. The number of hydrogen-bond acceptors (Lipinski definition) is 8. The highest BCUT2D eigenvalue weighted by Crippen LogP contribution is 2.20. The molecule has 2 aromatic rings. The minimum atomic E-state index is -1.19. The van der Waals surface area contributed by atoms with Crippen molar-refractivity contribution in [3.05, 3.63) is 71.8 Å². The average molecular weight is 668 g/mol. The Morgan fingerprint density at radius 2 is 1.17 bits per heavy atom. The average Bonchev–Trinajstić information content (AvgIpc) is 3.05. The van der Waals surface area contributed by atoms with Crippen LogP contribution in [-0.4, -0.2) is 78.1 Å². The van der Waals surface area contributed by atoms with Gasteiger partial charge in [-0.25, -0.2) is 4.79 Å². The van der Waals surface area contributed by atoms with Crippen LogP contribution in [0.3, 0.4) is 0 Å². The van der Waals surface area contributed by atoms with Crippen LogP contribution in [0.5, 0.6) is 0 Å². The van der Waals surface area contributed by atoms with Crippen LogP contribution in [0.15, 0.2) is 60.7 Å². The smallest absolute Gasteiger partial charge is 0.328 e. The summed E-state index contributed by atoms with van der Waals surface area (Å²) < 4.78 is 4.86. The van der Waals surface area contributed by atoms with E-state index in [1.165, 1.54) is 21.0 Å². The molecule has 0 saturated heterocycles. The maximum Gasteiger partial charge on any atom is 0.328 e. The Kier molecular flexibility index (Phi) is 16.2. The van der Waals surface area contributed by atoms with Crippen molar-refractivity contribution in [1.29, 1.82) is 0 Å². The van der Waals surface area contributed by atoms with Gasteiger partial charge in [-0.05, 0) is 56.1 Å². The minimum Gasteiger partial charge on any atom is -0.467 e. The normalized spacial score (nSPS) is 15.6. The zero-order chi connectivity index (χ0) is 36.0. The van der Waals surface area contributed by atoms with Gasteiger partial charge >= 0.3 is 5.97 Å². The number of methoxy groups -OCH3 is 1. The van der Waals surface area contributed by atoms with Gasteiger partial charge in [-0.1, -0.05) is 88.4 Å². The molecule has 0 saturated carbocycles. The van der Waals surface area contributed by atoms with E-state index >= 15 is 0 Å². The number of ether oxygens (including phenoxy) is 1. The SMILES string of the molecule is COC(=O)[C@@H](NC(=O)[C@@H](NC(=O)[C@H](Cc1ccccc1)C[C@H](O)[C@H](Cc1ccccc1)NC(=O)[C@H](C)NC(=O)[C@H](C)N)C(C)C)C(C)C. The first-order valence-electron chi connectivity index (χ1n) is 16.4. The summed E-state index contributed by atoms with van der Waals surface area (Å²) in [6, 6.07) is 14.1. The van der Waals surface area contributed by atoms with Gasteiger partial charge in [0, 0.05) is 5.92 Å². The van der Waals surface area contributed by atoms with Crippen LogP contribution in [0.25, 0.3) is 0 Å². The first-order valence-corrected chi connectivity index (χ1v) is 16.4. The highest BCUT2D eigenvalue weighted by atomic mass is 16.5. The number of carbonyl (C=O) groups excluding carboxylic acids is 5. The van der Waals surface area contributed by atoms with E-state index in [1.54, 1.807) is 27.7 Å². The maximum atomic E-state index is 14.0. The van der Waals surface area contributed by atoms with E-state index in [0.717, 1.165) is 11.1 Å². The van der Waals surface area contributed by atoms with Crippen LogP contribution in [0.1, 0.15) is 59.1 Å². The third-order valence-corrected chi connectivity index (χ3v) is 8.14. The Morgan fingerprint density at radius 1 is 0.667 bits per heavy atom. The fourth-order valence-corrected chi connectivity index (χ4v) is 5.18. The van der Waals surface area contributed by atoms with Gasteiger partial charge in [0.05, 0.1) is 25.3 Å². The number of hydrogen-bond donors (Lipinski definition) is 6. The Morgan fingerprint density at radius 3 is 1.65 bits per heavy atom. The third kappa shape index (κ3) is 12.7. The molecule has 2 aromatic carbocycles. The molecule has 0 radical (unpaired) electrons. The van der Waals surface area contributed by atoms with Gasteiger partial charge < -0.3 is 36.8 Å². The lowest BCUT2D eigenvalue weighted by molar-refractivity contribution is -0.147. The van der Waals surface area contributed by atoms with Crippen molar-refractivity contribution >= 4 is 29.6 Å². The fourth-order valence-electron chi connectivity index (χ4n) is 5.18. The summed E-state index contributed by atoms with van der Waals surface area (Å²) in [6.45, 7) is 10.2. The number of aliphatic hydroxyl groups is 1. The summed E-state index contributed by atoms with van der Waals surface area (Å²) in [5, 5.41) is 22.7. The first-order chi connectivity index (χ1) is 22.6. The molecule has 264 valence electrons. The quantitative estimate of drug-likeness (QED) is 0.129. The zero-order valence-corrected chi connectivity index (χ0v) is 29.1. The first kappa shape index (κ1) is 39.9. The molecule has 4 amide bonds.